The number of carbonyl (C=O) groups is 1. The summed E-state index contributed by atoms with van der Waals surface area (Å²) in [6, 6.07) is 3.03. The molecule has 0 aliphatic rings. The Balaban J connectivity index is 2.44. The monoisotopic (exact) mass is 396 g/mol. The minimum atomic E-state index is -1.14. The Hall–Kier alpha value is -2.57. The first-order valence-corrected chi connectivity index (χ1v) is 8.77. The van der Waals surface area contributed by atoms with E-state index in [0.717, 1.165) is 12.1 Å². The summed E-state index contributed by atoms with van der Waals surface area (Å²) in [5.41, 5.74) is -2.68. The molecule has 2 rings (SSSR count). The van der Waals surface area contributed by atoms with Crippen LogP contribution in [0.1, 0.15) is 57.5 Å². The molecule has 2 aromatic carbocycles. The zero-order chi connectivity index (χ0) is 21.4. The van der Waals surface area contributed by atoms with Crippen molar-refractivity contribution in [2.45, 2.75) is 52.6 Å². The number of ketones is 1. The molecule has 0 radical (unpaired) electrons. The van der Waals surface area contributed by atoms with E-state index in [1.807, 2.05) is 0 Å². The van der Waals surface area contributed by atoms with Gasteiger partial charge in [-0.3, -0.25) is 4.79 Å². The molecule has 0 fully saturated rings. The largest absolute Gasteiger partial charge is 0.378 e. The average Bonchev–Trinajstić information content (AvgIpc) is 2.50. The zero-order valence-electron chi connectivity index (χ0n) is 16.7. The first-order valence-electron chi connectivity index (χ1n) is 8.77. The van der Waals surface area contributed by atoms with Crippen LogP contribution in [0.25, 0.3) is 0 Å². The molecule has 0 atom stereocenters. The quantitative estimate of drug-likeness (QED) is 0.500. The van der Waals surface area contributed by atoms with Crippen LogP contribution in [0.2, 0.25) is 0 Å². The SMILES string of the molecule is CC(C)(C)Nc1cc(F)c(C(=O)c2cc(F)c(NC(C)(C)C)cc2F)cc1F. The Morgan fingerprint density at radius 2 is 0.964 bits per heavy atom. The van der Waals surface area contributed by atoms with Gasteiger partial charge in [0.2, 0.25) is 0 Å². The van der Waals surface area contributed by atoms with E-state index < -0.39 is 51.3 Å². The zero-order valence-corrected chi connectivity index (χ0v) is 16.7. The van der Waals surface area contributed by atoms with Gasteiger partial charge in [0.15, 0.2) is 5.78 Å². The molecule has 152 valence electrons. The van der Waals surface area contributed by atoms with Crippen molar-refractivity contribution in [2.24, 2.45) is 0 Å². The number of nitrogens with one attached hydrogen (secondary N) is 2. The van der Waals surface area contributed by atoms with Crippen LogP contribution in [-0.2, 0) is 0 Å². The van der Waals surface area contributed by atoms with Gasteiger partial charge in [0.05, 0.1) is 22.5 Å². The molecule has 0 amide bonds. The maximum atomic E-state index is 14.4. The van der Waals surface area contributed by atoms with Crippen LogP contribution < -0.4 is 10.6 Å². The van der Waals surface area contributed by atoms with Crippen LogP contribution in [0, 0.1) is 23.3 Å². The van der Waals surface area contributed by atoms with Crippen LogP contribution in [0.15, 0.2) is 24.3 Å². The van der Waals surface area contributed by atoms with Gasteiger partial charge < -0.3 is 10.6 Å². The third-order valence-corrected chi connectivity index (χ3v) is 3.62. The number of anilines is 2. The molecule has 0 aromatic heterocycles. The Morgan fingerprint density at radius 3 is 1.25 bits per heavy atom. The number of hydrogen-bond donors (Lipinski definition) is 2. The first kappa shape index (κ1) is 21.7. The average molecular weight is 396 g/mol. The highest BCUT2D eigenvalue weighted by Crippen LogP contribution is 2.27. The molecule has 0 heterocycles. The molecule has 2 aromatic rings. The fourth-order valence-corrected chi connectivity index (χ4v) is 2.59. The molecule has 0 bridgehead atoms. The molecule has 2 N–H and O–H groups in total. The summed E-state index contributed by atoms with van der Waals surface area (Å²) in [5, 5.41) is 5.55. The van der Waals surface area contributed by atoms with E-state index in [1.54, 1.807) is 41.5 Å². The van der Waals surface area contributed by atoms with E-state index in [-0.39, 0.29) is 11.4 Å². The van der Waals surface area contributed by atoms with Gasteiger partial charge >= 0.3 is 0 Å². The topological polar surface area (TPSA) is 41.1 Å². The van der Waals surface area contributed by atoms with Gasteiger partial charge in [0.1, 0.15) is 23.3 Å². The number of halogens is 4. The maximum Gasteiger partial charge on any atom is 0.199 e. The molecular weight excluding hydrogens is 372 g/mol. The van der Waals surface area contributed by atoms with Crippen molar-refractivity contribution < 1.29 is 22.4 Å². The fraction of sp³-hybridized carbons (Fsp3) is 0.381. The Morgan fingerprint density at radius 1 is 0.643 bits per heavy atom. The third kappa shape index (κ3) is 5.24. The number of hydrogen-bond acceptors (Lipinski definition) is 3. The molecule has 28 heavy (non-hydrogen) atoms. The van der Waals surface area contributed by atoms with E-state index >= 15 is 0 Å². The summed E-state index contributed by atoms with van der Waals surface area (Å²) in [7, 11) is 0. The lowest BCUT2D eigenvalue weighted by Crippen LogP contribution is -2.27. The van der Waals surface area contributed by atoms with Crippen LogP contribution in [0.5, 0.6) is 0 Å². The molecule has 0 aliphatic heterocycles. The molecular formula is C21H24F4N2O. The second kappa shape index (κ2) is 7.45. The lowest BCUT2D eigenvalue weighted by molar-refractivity contribution is 0.103. The number of carbonyl (C=O) groups excluding carboxylic acids is 1. The second-order valence-electron chi connectivity index (χ2n) is 8.70. The van der Waals surface area contributed by atoms with Crippen LogP contribution >= 0.6 is 0 Å². The van der Waals surface area contributed by atoms with Gasteiger partial charge in [-0.05, 0) is 53.7 Å². The van der Waals surface area contributed by atoms with E-state index in [2.05, 4.69) is 10.6 Å². The molecule has 0 saturated carbocycles. The summed E-state index contributed by atoms with van der Waals surface area (Å²) in [6.07, 6.45) is 0. The van der Waals surface area contributed by atoms with Crippen molar-refractivity contribution >= 4 is 17.2 Å². The molecule has 0 spiro atoms. The van der Waals surface area contributed by atoms with Crippen LogP contribution in [0.4, 0.5) is 28.9 Å². The van der Waals surface area contributed by atoms with Gasteiger partial charge in [-0.1, -0.05) is 0 Å². The van der Waals surface area contributed by atoms with Gasteiger partial charge in [0, 0.05) is 23.2 Å². The van der Waals surface area contributed by atoms with Crippen LogP contribution in [-0.4, -0.2) is 16.9 Å². The predicted molar refractivity (Wildman–Crippen MR) is 103 cm³/mol. The highest BCUT2D eigenvalue weighted by atomic mass is 19.1. The third-order valence-electron chi connectivity index (χ3n) is 3.62. The number of rotatable bonds is 4. The van der Waals surface area contributed by atoms with Gasteiger partial charge in [0.25, 0.3) is 0 Å². The molecule has 0 saturated heterocycles. The Labute approximate surface area is 162 Å². The summed E-state index contributed by atoms with van der Waals surface area (Å²) in [5.74, 6) is -4.94. The highest BCUT2D eigenvalue weighted by molar-refractivity contribution is 6.09. The molecule has 7 heteroatoms. The van der Waals surface area contributed by atoms with Gasteiger partial charge in [-0.15, -0.1) is 0 Å². The van der Waals surface area contributed by atoms with E-state index in [0.29, 0.717) is 12.1 Å². The second-order valence-corrected chi connectivity index (χ2v) is 8.70. The van der Waals surface area contributed by atoms with Crippen molar-refractivity contribution in [3.05, 3.63) is 58.7 Å². The van der Waals surface area contributed by atoms with Crippen molar-refractivity contribution in [3.63, 3.8) is 0 Å². The van der Waals surface area contributed by atoms with E-state index in [1.165, 1.54) is 0 Å². The van der Waals surface area contributed by atoms with Crippen LogP contribution in [0.3, 0.4) is 0 Å². The summed E-state index contributed by atoms with van der Waals surface area (Å²) in [4.78, 5) is 12.5. The lowest BCUT2D eigenvalue weighted by Gasteiger charge is -2.23. The van der Waals surface area contributed by atoms with Crippen molar-refractivity contribution in [1.29, 1.82) is 0 Å². The van der Waals surface area contributed by atoms with Crippen molar-refractivity contribution in [3.8, 4) is 0 Å². The molecule has 3 nitrogen and oxygen atoms in total. The van der Waals surface area contributed by atoms with E-state index in [9.17, 15) is 22.4 Å². The number of benzene rings is 2. The van der Waals surface area contributed by atoms with Gasteiger partial charge in [-0.2, -0.15) is 0 Å². The first-order chi connectivity index (χ1) is 12.7. The minimum Gasteiger partial charge on any atom is -0.378 e. The normalized spacial score (nSPS) is 12.1. The van der Waals surface area contributed by atoms with Gasteiger partial charge in [-0.25, -0.2) is 17.6 Å². The van der Waals surface area contributed by atoms with E-state index in [4.69, 9.17) is 0 Å². The predicted octanol–water partition coefficient (Wildman–Crippen LogP) is 5.89. The standard InChI is InChI=1S/C21H24F4N2O/c1-20(2,3)26-17-9-13(22)11(7-15(17)24)19(28)12-8-16(25)18(10-14(12)23)27-21(4,5)6/h7-10,26-27H,1-6H3. The maximum absolute atomic E-state index is 14.4. The van der Waals surface area contributed by atoms with Crippen molar-refractivity contribution in [2.75, 3.05) is 10.6 Å². The Kier molecular flexibility index (Phi) is 5.78. The lowest BCUT2D eigenvalue weighted by atomic mass is 9.99. The molecule has 0 aliphatic carbocycles. The fourth-order valence-electron chi connectivity index (χ4n) is 2.59. The highest BCUT2D eigenvalue weighted by Gasteiger charge is 2.24. The molecule has 0 unspecified atom stereocenters. The van der Waals surface area contributed by atoms with Crippen molar-refractivity contribution in [1.82, 2.24) is 0 Å². The minimum absolute atomic E-state index is 0.127. The summed E-state index contributed by atoms with van der Waals surface area (Å²) < 4.78 is 57.5. The smallest absolute Gasteiger partial charge is 0.199 e. The Bertz CT molecular complexity index is 839. The summed E-state index contributed by atoms with van der Waals surface area (Å²) >= 11 is 0. The summed E-state index contributed by atoms with van der Waals surface area (Å²) in [6.45, 7) is 10.6.